The highest BCUT2D eigenvalue weighted by Gasteiger charge is 2.24. The molecule has 0 unspecified atom stereocenters. The molecule has 2 aromatic carbocycles. The summed E-state index contributed by atoms with van der Waals surface area (Å²) in [6.45, 7) is 4.24. The summed E-state index contributed by atoms with van der Waals surface area (Å²) in [6, 6.07) is 12.9. The van der Waals surface area contributed by atoms with Crippen molar-refractivity contribution in [3.05, 3.63) is 59.1 Å². The zero-order chi connectivity index (χ0) is 20.9. The van der Waals surface area contributed by atoms with E-state index in [4.69, 9.17) is 16.3 Å². The van der Waals surface area contributed by atoms with Crippen molar-refractivity contribution in [3.63, 3.8) is 0 Å². The molecule has 2 rings (SSSR count). The summed E-state index contributed by atoms with van der Waals surface area (Å²) in [4.78, 5) is 14.3. The molecule has 0 spiro atoms. The van der Waals surface area contributed by atoms with Gasteiger partial charge in [0.1, 0.15) is 12.4 Å². The summed E-state index contributed by atoms with van der Waals surface area (Å²) in [5.74, 6) is 0.388. The summed E-state index contributed by atoms with van der Waals surface area (Å²) in [6.07, 6.45) is 0. The highest BCUT2D eigenvalue weighted by atomic mass is 35.5. The predicted octanol–water partition coefficient (Wildman–Crippen LogP) is 3.52. The minimum absolute atomic E-state index is 0.0976. The Hall–Kier alpha value is -2.09. The Kier molecular flexibility index (Phi) is 7.46. The van der Waals surface area contributed by atoms with Gasteiger partial charge in [-0.2, -0.15) is 4.31 Å². The van der Waals surface area contributed by atoms with Gasteiger partial charge in [-0.15, -0.1) is 0 Å². The van der Waals surface area contributed by atoms with Crippen molar-refractivity contribution >= 4 is 27.5 Å². The Morgan fingerprint density at radius 1 is 1.11 bits per heavy atom. The van der Waals surface area contributed by atoms with E-state index < -0.39 is 10.0 Å². The van der Waals surface area contributed by atoms with Gasteiger partial charge in [0.2, 0.25) is 10.0 Å². The van der Waals surface area contributed by atoms with Gasteiger partial charge in [0.15, 0.2) is 0 Å². The molecule has 0 heterocycles. The van der Waals surface area contributed by atoms with Gasteiger partial charge in [-0.25, -0.2) is 8.42 Å². The van der Waals surface area contributed by atoms with Crippen molar-refractivity contribution in [1.82, 2.24) is 9.21 Å². The Balaban J connectivity index is 2.04. The van der Waals surface area contributed by atoms with Crippen LogP contribution in [0.2, 0.25) is 5.02 Å². The second-order valence-electron chi connectivity index (χ2n) is 6.67. The van der Waals surface area contributed by atoms with E-state index in [1.165, 1.54) is 28.4 Å². The van der Waals surface area contributed by atoms with E-state index in [1.54, 1.807) is 57.3 Å². The summed E-state index contributed by atoms with van der Waals surface area (Å²) in [5, 5.41) is 0.623. The van der Waals surface area contributed by atoms with Crippen LogP contribution in [0.3, 0.4) is 0 Å². The number of rotatable bonds is 8. The number of nitrogens with zero attached hydrogens (tertiary/aromatic N) is 2. The largest absolute Gasteiger partial charge is 0.492 e. The first kappa shape index (κ1) is 22.2. The van der Waals surface area contributed by atoms with Crippen LogP contribution in [0.15, 0.2) is 53.4 Å². The molecule has 0 fully saturated rings. The van der Waals surface area contributed by atoms with Crippen molar-refractivity contribution in [3.8, 4) is 5.75 Å². The van der Waals surface area contributed by atoms with Crippen LogP contribution in [-0.4, -0.2) is 56.8 Å². The number of likely N-dealkylation sites (N-methyl/N-ethyl adjacent to an activating group) is 1. The summed E-state index contributed by atoms with van der Waals surface area (Å²) in [5.41, 5.74) is 0.312. The van der Waals surface area contributed by atoms with Crippen molar-refractivity contribution < 1.29 is 17.9 Å². The standard InChI is InChI=1S/C20H25ClN2O4S/c1-15(2)23(4)28(25,26)19-7-5-6-16(14-19)20(24)22(3)12-13-27-18-10-8-17(21)9-11-18/h5-11,14-15H,12-13H2,1-4H3. The van der Waals surface area contributed by atoms with E-state index >= 15 is 0 Å². The van der Waals surface area contributed by atoms with Gasteiger partial charge in [-0.05, 0) is 56.3 Å². The van der Waals surface area contributed by atoms with Gasteiger partial charge in [0, 0.05) is 30.7 Å². The molecule has 0 bridgehead atoms. The van der Waals surface area contributed by atoms with Gasteiger partial charge in [0.25, 0.3) is 5.91 Å². The Morgan fingerprint density at radius 3 is 2.36 bits per heavy atom. The number of ether oxygens (including phenoxy) is 1. The van der Waals surface area contributed by atoms with E-state index in [1.807, 2.05) is 0 Å². The highest BCUT2D eigenvalue weighted by molar-refractivity contribution is 7.89. The summed E-state index contributed by atoms with van der Waals surface area (Å²) >= 11 is 5.83. The van der Waals surface area contributed by atoms with Crippen molar-refractivity contribution in [2.24, 2.45) is 0 Å². The van der Waals surface area contributed by atoms with Gasteiger partial charge in [-0.1, -0.05) is 17.7 Å². The molecular formula is C20H25ClN2O4S. The molecule has 28 heavy (non-hydrogen) atoms. The number of carbonyl (C=O) groups is 1. The molecule has 8 heteroatoms. The maximum absolute atomic E-state index is 12.7. The van der Waals surface area contributed by atoms with E-state index in [2.05, 4.69) is 0 Å². The molecule has 2 aromatic rings. The fourth-order valence-electron chi connectivity index (χ4n) is 2.39. The first-order valence-corrected chi connectivity index (χ1v) is 10.7. The smallest absolute Gasteiger partial charge is 0.253 e. The zero-order valence-corrected chi connectivity index (χ0v) is 18.0. The van der Waals surface area contributed by atoms with Crippen LogP contribution >= 0.6 is 11.6 Å². The minimum atomic E-state index is -3.65. The van der Waals surface area contributed by atoms with E-state index in [0.29, 0.717) is 29.5 Å². The summed E-state index contributed by atoms with van der Waals surface area (Å²) < 4.78 is 32.2. The molecule has 0 aromatic heterocycles. The van der Waals surface area contributed by atoms with Gasteiger partial charge in [0.05, 0.1) is 11.4 Å². The van der Waals surface area contributed by atoms with Crippen molar-refractivity contribution in [2.45, 2.75) is 24.8 Å². The van der Waals surface area contributed by atoms with Crippen LogP contribution in [0.5, 0.6) is 5.75 Å². The molecular weight excluding hydrogens is 400 g/mol. The first-order valence-electron chi connectivity index (χ1n) is 8.85. The number of amides is 1. The van der Waals surface area contributed by atoms with Crippen LogP contribution in [0, 0.1) is 0 Å². The number of hydrogen-bond donors (Lipinski definition) is 0. The van der Waals surface area contributed by atoms with E-state index in [-0.39, 0.29) is 16.8 Å². The molecule has 0 N–H and O–H groups in total. The Morgan fingerprint density at radius 2 is 1.75 bits per heavy atom. The maximum atomic E-state index is 12.7. The monoisotopic (exact) mass is 424 g/mol. The number of halogens is 1. The number of hydrogen-bond acceptors (Lipinski definition) is 4. The topological polar surface area (TPSA) is 66.9 Å². The second kappa shape index (κ2) is 9.41. The average molecular weight is 425 g/mol. The Labute approximate surface area is 171 Å². The normalized spacial score (nSPS) is 11.7. The van der Waals surface area contributed by atoms with Gasteiger partial charge < -0.3 is 9.64 Å². The number of carbonyl (C=O) groups excluding carboxylic acids is 1. The second-order valence-corrected chi connectivity index (χ2v) is 9.11. The minimum Gasteiger partial charge on any atom is -0.492 e. The fourth-order valence-corrected chi connectivity index (χ4v) is 3.93. The molecule has 0 aliphatic rings. The third kappa shape index (κ3) is 5.47. The summed E-state index contributed by atoms with van der Waals surface area (Å²) in [7, 11) is -0.479. The fraction of sp³-hybridized carbons (Fsp3) is 0.350. The van der Waals surface area contributed by atoms with Crippen LogP contribution in [-0.2, 0) is 10.0 Å². The molecule has 1 amide bonds. The molecule has 0 radical (unpaired) electrons. The molecule has 6 nitrogen and oxygen atoms in total. The third-order valence-corrected chi connectivity index (χ3v) is 6.62. The lowest BCUT2D eigenvalue weighted by atomic mass is 10.2. The molecule has 0 aliphatic carbocycles. The van der Waals surface area contributed by atoms with E-state index in [0.717, 1.165) is 0 Å². The first-order chi connectivity index (χ1) is 13.1. The molecule has 0 aliphatic heterocycles. The van der Waals surface area contributed by atoms with Crippen LogP contribution < -0.4 is 4.74 Å². The molecule has 152 valence electrons. The lowest BCUT2D eigenvalue weighted by Gasteiger charge is -2.22. The quantitative estimate of drug-likeness (QED) is 0.650. The molecule has 0 atom stereocenters. The SMILES string of the molecule is CC(C)N(C)S(=O)(=O)c1cccc(C(=O)N(C)CCOc2ccc(Cl)cc2)c1. The number of benzene rings is 2. The average Bonchev–Trinajstić information content (AvgIpc) is 2.68. The van der Waals surface area contributed by atoms with Gasteiger partial charge >= 0.3 is 0 Å². The van der Waals surface area contributed by atoms with Crippen molar-refractivity contribution in [2.75, 3.05) is 27.2 Å². The molecule has 0 saturated carbocycles. The highest BCUT2D eigenvalue weighted by Crippen LogP contribution is 2.19. The predicted molar refractivity (Wildman–Crippen MR) is 110 cm³/mol. The van der Waals surface area contributed by atoms with Crippen LogP contribution in [0.25, 0.3) is 0 Å². The lowest BCUT2D eigenvalue weighted by Crippen LogP contribution is -2.33. The molecule has 0 saturated heterocycles. The Bertz CT molecular complexity index is 914. The van der Waals surface area contributed by atoms with Gasteiger partial charge in [-0.3, -0.25) is 4.79 Å². The van der Waals surface area contributed by atoms with Crippen molar-refractivity contribution in [1.29, 1.82) is 0 Å². The zero-order valence-electron chi connectivity index (χ0n) is 16.4. The number of sulfonamides is 1. The van der Waals surface area contributed by atoms with Crippen LogP contribution in [0.4, 0.5) is 0 Å². The third-order valence-electron chi connectivity index (χ3n) is 4.34. The maximum Gasteiger partial charge on any atom is 0.253 e. The lowest BCUT2D eigenvalue weighted by molar-refractivity contribution is 0.0773. The van der Waals surface area contributed by atoms with Crippen LogP contribution in [0.1, 0.15) is 24.2 Å². The van der Waals surface area contributed by atoms with E-state index in [9.17, 15) is 13.2 Å².